The minimum Gasteiger partial charge on any atom is -0.497 e. The van der Waals surface area contributed by atoms with Crippen LogP contribution in [-0.2, 0) is 9.59 Å². The second-order valence-electron chi connectivity index (χ2n) is 7.01. The number of hydrogen-bond acceptors (Lipinski definition) is 6. The Morgan fingerprint density at radius 1 is 1.13 bits per heavy atom. The highest BCUT2D eigenvalue weighted by atomic mass is 79.9. The Kier molecular flexibility index (Phi) is 7.53. The molecule has 0 unspecified atom stereocenters. The average molecular weight is 475 g/mol. The monoisotopic (exact) mass is 474 g/mol. The van der Waals surface area contributed by atoms with Gasteiger partial charge in [0.15, 0.2) is 0 Å². The molecule has 158 valence electrons. The predicted octanol–water partition coefficient (Wildman–Crippen LogP) is 2.46. The van der Waals surface area contributed by atoms with E-state index in [0.29, 0.717) is 43.1 Å². The van der Waals surface area contributed by atoms with Gasteiger partial charge in [-0.05, 0) is 78.3 Å². The molecule has 30 heavy (non-hydrogen) atoms. The number of nitrogens with one attached hydrogen (secondary N) is 2. The first-order valence-corrected chi connectivity index (χ1v) is 10.4. The van der Waals surface area contributed by atoms with Crippen molar-refractivity contribution in [2.75, 3.05) is 32.1 Å². The first-order valence-electron chi connectivity index (χ1n) is 9.57. The van der Waals surface area contributed by atoms with Crippen molar-refractivity contribution in [3.8, 4) is 5.75 Å². The van der Waals surface area contributed by atoms with E-state index in [1.807, 2.05) is 11.0 Å². The molecule has 2 aromatic rings. The zero-order chi connectivity index (χ0) is 21.5. The van der Waals surface area contributed by atoms with Crippen LogP contribution in [0.2, 0.25) is 0 Å². The second-order valence-corrected chi connectivity index (χ2v) is 7.92. The Morgan fingerprint density at radius 3 is 2.43 bits per heavy atom. The van der Waals surface area contributed by atoms with E-state index in [-0.39, 0.29) is 24.3 Å². The van der Waals surface area contributed by atoms with Crippen molar-refractivity contribution >= 4 is 39.5 Å². The van der Waals surface area contributed by atoms with Crippen molar-refractivity contribution < 1.29 is 19.1 Å². The standard InChI is InChI=1S/C21H23BrN4O4/c1-30-17-5-2-14(3-6-17)21(29)25-19(27)13-26-10-8-15(9-11-26)20(28)24-18-7-4-16(22)12-23-18/h2-7,12,15H,8-11,13H2,1H3,(H,23,24,28)(H,25,27,29). The molecule has 0 radical (unpaired) electrons. The summed E-state index contributed by atoms with van der Waals surface area (Å²) in [6.45, 7) is 1.33. The molecule has 1 aliphatic heterocycles. The molecule has 1 aromatic heterocycles. The third-order valence-electron chi connectivity index (χ3n) is 4.91. The summed E-state index contributed by atoms with van der Waals surface area (Å²) < 4.78 is 5.90. The largest absolute Gasteiger partial charge is 0.497 e. The normalized spacial score (nSPS) is 14.7. The van der Waals surface area contributed by atoms with Gasteiger partial charge in [-0.25, -0.2) is 4.98 Å². The summed E-state index contributed by atoms with van der Waals surface area (Å²) in [6.07, 6.45) is 2.91. The third kappa shape index (κ3) is 6.11. The molecule has 0 atom stereocenters. The molecule has 8 nitrogen and oxygen atoms in total. The fourth-order valence-electron chi connectivity index (χ4n) is 3.22. The lowest BCUT2D eigenvalue weighted by molar-refractivity contribution is -0.122. The number of carbonyl (C=O) groups is 3. The fourth-order valence-corrected chi connectivity index (χ4v) is 3.45. The number of nitrogens with zero attached hydrogens (tertiary/aromatic N) is 2. The van der Waals surface area contributed by atoms with E-state index < -0.39 is 5.91 Å². The lowest BCUT2D eigenvalue weighted by Gasteiger charge is -2.30. The zero-order valence-electron chi connectivity index (χ0n) is 16.6. The maximum absolute atomic E-state index is 12.4. The van der Waals surface area contributed by atoms with Crippen LogP contribution >= 0.6 is 15.9 Å². The molecule has 3 amide bonds. The summed E-state index contributed by atoms with van der Waals surface area (Å²) in [5.74, 6) is 0.152. The predicted molar refractivity (Wildman–Crippen MR) is 115 cm³/mol. The van der Waals surface area contributed by atoms with Crippen LogP contribution in [0.3, 0.4) is 0 Å². The van der Waals surface area contributed by atoms with Crippen molar-refractivity contribution in [1.82, 2.24) is 15.2 Å². The molecule has 0 spiro atoms. The Hall–Kier alpha value is -2.78. The van der Waals surface area contributed by atoms with Gasteiger partial charge in [0.2, 0.25) is 11.8 Å². The van der Waals surface area contributed by atoms with E-state index in [1.165, 1.54) is 0 Å². The molecule has 0 bridgehead atoms. The van der Waals surface area contributed by atoms with Crippen LogP contribution in [0.4, 0.5) is 5.82 Å². The van der Waals surface area contributed by atoms with Crippen LogP contribution in [0.1, 0.15) is 23.2 Å². The molecule has 1 fully saturated rings. The molecular weight excluding hydrogens is 452 g/mol. The first-order chi connectivity index (χ1) is 14.4. The number of imide groups is 1. The number of amides is 3. The molecule has 0 saturated carbocycles. The average Bonchev–Trinajstić information content (AvgIpc) is 2.75. The summed E-state index contributed by atoms with van der Waals surface area (Å²) in [5.41, 5.74) is 0.390. The van der Waals surface area contributed by atoms with E-state index in [4.69, 9.17) is 4.74 Å². The second kappa shape index (κ2) is 10.3. The SMILES string of the molecule is COc1ccc(C(=O)NC(=O)CN2CCC(C(=O)Nc3ccc(Br)cn3)CC2)cc1. The lowest BCUT2D eigenvalue weighted by atomic mass is 9.96. The molecule has 9 heteroatoms. The van der Waals surface area contributed by atoms with Crippen LogP contribution in [0, 0.1) is 5.92 Å². The fraction of sp³-hybridized carbons (Fsp3) is 0.333. The highest BCUT2D eigenvalue weighted by molar-refractivity contribution is 9.10. The van der Waals surface area contributed by atoms with Crippen molar-refractivity contribution in [1.29, 1.82) is 0 Å². The first kappa shape index (κ1) is 21.9. The summed E-state index contributed by atoms with van der Waals surface area (Å²) in [7, 11) is 1.54. The van der Waals surface area contributed by atoms with Crippen LogP contribution < -0.4 is 15.4 Å². The van der Waals surface area contributed by atoms with Gasteiger partial charge in [-0.2, -0.15) is 0 Å². The van der Waals surface area contributed by atoms with Crippen LogP contribution in [0.15, 0.2) is 47.1 Å². The molecule has 1 aliphatic rings. The summed E-state index contributed by atoms with van der Waals surface area (Å²) in [5, 5.41) is 5.23. The van der Waals surface area contributed by atoms with Gasteiger partial charge in [0.1, 0.15) is 11.6 Å². The van der Waals surface area contributed by atoms with Gasteiger partial charge in [-0.1, -0.05) is 0 Å². The van der Waals surface area contributed by atoms with Crippen molar-refractivity contribution in [2.45, 2.75) is 12.8 Å². The smallest absolute Gasteiger partial charge is 0.257 e. The van der Waals surface area contributed by atoms with E-state index in [9.17, 15) is 14.4 Å². The highest BCUT2D eigenvalue weighted by Gasteiger charge is 2.26. The summed E-state index contributed by atoms with van der Waals surface area (Å²) in [6, 6.07) is 10.1. The number of rotatable bonds is 6. The van der Waals surface area contributed by atoms with E-state index in [1.54, 1.807) is 43.6 Å². The minimum atomic E-state index is -0.445. The maximum atomic E-state index is 12.4. The lowest BCUT2D eigenvalue weighted by Crippen LogP contribution is -2.44. The van der Waals surface area contributed by atoms with Gasteiger partial charge in [0, 0.05) is 22.2 Å². The summed E-state index contributed by atoms with van der Waals surface area (Å²) >= 11 is 3.31. The number of hydrogen-bond donors (Lipinski definition) is 2. The molecule has 1 aromatic carbocycles. The van der Waals surface area contributed by atoms with Gasteiger partial charge < -0.3 is 10.1 Å². The number of pyridine rings is 1. The third-order valence-corrected chi connectivity index (χ3v) is 5.38. The molecular formula is C21H23BrN4O4. The minimum absolute atomic E-state index is 0.0661. The Balaban J connectivity index is 1.42. The Bertz CT molecular complexity index is 894. The van der Waals surface area contributed by atoms with Gasteiger partial charge >= 0.3 is 0 Å². The highest BCUT2D eigenvalue weighted by Crippen LogP contribution is 2.19. The molecule has 3 rings (SSSR count). The number of ether oxygens (including phenoxy) is 1. The van der Waals surface area contributed by atoms with Crippen molar-refractivity contribution in [2.24, 2.45) is 5.92 Å². The van der Waals surface area contributed by atoms with Gasteiger partial charge in [0.25, 0.3) is 5.91 Å². The van der Waals surface area contributed by atoms with Gasteiger partial charge in [-0.15, -0.1) is 0 Å². The number of likely N-dealkylation sites (tertiary alicyclic amines) is 1. The number of carbonyl (C=O) groups excluding carboxylic acids is 3. The van der Waals surface area contributed by atoms with Crippen molar-refractivity contribution in [3.63, 3.8) is 0 Å². The topological polar surface area (TPSA) is 101 Å². The molecule has 2 N–H and O–H groups in total. The number of aromatic nitrogens is 1. The molecule has 2 heterocycles. The van der Waals surface area contributed by atoms with E-state index >= 15 is 0 Å². The Labute approximate surface area is 183 Å². The molecule has 0 aliphatic carbocycles. The maximum Gasteiger partial charge on any atom is 0.257 e. The van der Waals surface area contributed by atoms with Crippen LogP contribution in [0.25, 0.3) is 0 Å². The van der Waals surface area contributed by atoms with E-state index in [2.05, 4.69) is 31.5 Å². The van der Waals surface area contributed by atoms with Gasteiger partial charge in [-0.3, -0.25) is 24.6 Å². The van der Waals surface area contributed by atoms with Crippen LogP contribution in [0.5, 0.6) is 5.75 Å². The van der Waals surface area contributed by atoms with Crippen LogP contribution in [-0.4, -0.2) is 54.3 Å². The van der Waals surface area contributed by atoms with Crippen molar-refractivity contribution in [3.05, 3.63) is 52.6 Å². The van der Waals surface area contributed by atoms with Gasteiger partial charge in [0.05, 0.1) is 13.7 Å². The number of anilines is 1. The number of piperidine rings is 1. The number of benzene rings is 1. The zero-order valence-corrected chi connectivity index (χ0v) is 18.1. The summed E-state index contributed by atoms with van der Waals surface area (Å²) in [4.78, 5) is 42.9. The Morgan fingerprint density at radius 2 is 1.83 bits per heavy atom. The van der Waals surface area contributed by atoms with E-state index in [0.717, 1.165) is 4.47 Å². The quantitative estimate of drug-likeness (QED) is 0.666. The number of methoxy groups -OCH3 is 1. The number of halogens is 1. The molecule has 1 saturated heterocycles.